The van der Waals surface area contributed by atoms with E-state index in [0.29, 0.717) is 50.7 Å². The zero-order valence-electron chi connectivity index (χ0n) is 67.5. The number of nitro groups is 1. The van der Waals surface area contributed by atoms with Crippen LogP contribution in [0.15, 0.2) is 24.3 Å². The summed E-state index contributed by atoms with van der Waals surface area (Å²) in [4.78, 5) is 196. The zero-order chi connectivity index (χ0) is 81.4. The normalized spacial score (nSPS) is 25.7. The Bertz CT molecular complexity index is 3700. The van der Waals surface area contributed by atoms with Crippen molar-refractivity contribution in [1.29, 1.82) is 0 Å². The van der Waals surface area contributed by atoms with Gasteiger partial charge < -0.3 is 73.0 Å². The van der Waals surface area contributed by atoms with Gasteiger partial charge in [0.1, 0.15) is 36.0 Å². The molecule has 11 N–H and O–H groups in total. The third-order valence-corrected chi connectivity index (χ3v) is 25.4. The minimum atomic E-state index is -1.08. The summed E-state index contributed by atoms with van der Waals surface area (Å²) in [6.07, 6.45) is 9.31. The molecular formula is C78H121ClN14O17. The summed E-state index contributed by atoms with van der Waals surface area (Å²) < 4.78 is 5.29. The predicted molar refractivity (Wildman–Crippen MR) is 409 cm³/mol. The van der Waals surface area contributed by atoms with Gasteiger partial charge in [-0.2, -0.15) is 0 Å². The Kier molecular flexibility index (Phi) is 27.7. The summed E-state index contributed by atoms with van der Waals surface area (Å²) in [7, 11) is 5.65. The Labute approximate surface area is 651 Å². The fraction of sp³-hybridized carbons (Fsp3) is 0.744. The van der Waals surface area contributed by atoms with Crippen molar-refractivity contribution >= 4 is 101 Å². The molecule has 9 unspecified atom stereocenters. The first kappa shape index (κ1) is 88.9. The Morgan fingerprint density at radius 3 is 1.03 bits per heavy atom. The Morgan fingerprint density at radius 1 is 0.473 bits per heavy atom. The van der Waals surface area contributed by atoms with Crippen LogP contribution in [0.4, 0.5) is 15.3 Å². The van der Waals surface area contributed by atoms with Crippen LogP contribution in [0.5, 0.6) is 5.75 Å². The van der Waals surface area contributed by atoms with Gasteiger partial charge in [-0.05, 0) is 117 Å². The molecule has 0 spiro atoms. The lowest BCUT2D eigenvalue weighted by Gasteiger charge is -2.38. The van der Waals surface area contributed by atoms with E-state index in [4.69, 9.17) is 10.5 Å². The van der Waals surface area contributed by atoms with Crippen LogP contribution in [-0.4, -0.2) is 204 Å². The van der Waals surface area contributed by atoms with Gasteiger partial charge in [0.15, 0.2) is 0 Å². The molecule has 0 aromatic heterocycles. The molecule has 1 aromatic rings. The lowest BCUT2D eigenvalue weighted by molar-refractivity contribution is -0.384. The number of benzene rings is 1. The number of nitrogens with one attached hydrogen (secondary N) is 9. The van der Waals surface area contributed by atoms with Gasteiger partial charge in [-0.3, -0.25) is 67.6 Å². The van der Waals surface area contributed by atoms with E-state index in [1.54, 1.807) is 30.6 Å². The van der Waals surface area contributed by atoms with Crippen molar-refractivity contribution < 1.29 is 76.8 Å². The lowest BCUT2D eigenvalue weighted by atomic mass is 9.80. The average molecular weight is 1560 g/mol. The van der Waals surface area contributed by atoms with Gasteiger partial charge in [-0.25, -0.2) is 9.59 Å². The third kappa shape index (κ3) is 19.4. The van der Waals surface area contributed by atoms with Crippen molar-refractivity contribution in [2.75, 3.05) is 47.8 Å². The van der Waals surface area contributed by atoms with Gasteiger partial charge in [0, 0.05) is 60.0 Å². The average Bonchev–Trinajstić information content (AvgIpc) is 1.54. The molecule has 1 aromatic carbocycles. The van der Waals surface area contributed by atoms with Gasteiger partial charge in [0.25, 0.3) is 23.4 Å². The molecule has 3 aliphatic heterocycles. The van der Waals surface area contributed by atoms with Crippen molar-refractivity contribution in [2.24, 2.45) is 91.5 Å². The van der Waals surface area contributed by atoms with E-state index in [2.05, 4.69) is 75.5 Å². The smallest absolute Gasteiger partial charge is 0.410 e. The van der Waals surface area contributed by atoms with Crippen LogP contribution in [0.25, 0.3) is 0 Å². The fourth-order valence-corrected chi connectivity index (χ4v) is 17.2. The van der Waals surface area contributed by atoms with Crippen LogP contribution in [0.3, 0.4) is 0 Å². The number of carbonyl (C=O) groups is 14. The maximum absolute atomic E-state index is 14.1. The molecule has 6 aliphatic carbocycles. The van der Waals surface area contributed by atoms with E-state index in [1.807, 2.05) is 55.4 Å². The number of hydrogen-bond donors (Lipinski definition) is 10. The van der Waals surface area contributed by atoms with Gasteiger partial charge >= 0.3 is 12.1 Å². The minimum absolute atomic E-state index is 0. The van der Waals surface area contributed by atoms with Crippen LogP contribution >= 0.6 is 12.4 Å². The van der Waals surface area contributed by atoms with Crippen molar-refractivity contribution in [3.63, 3.8) is 0 Å². The zero-order valence-corrected chi connectivity index (χ0v) is 68.3. The summed E-state index contributed by atoms with van der Waals surface area (Å²) in [5.74, 6) is -5.30. The molecule has 0 bridgehead atoms. The highest BCUT2D eigenvalue weighted by Crippen LogP contribution is 2.67. The molecule has 12 amide bonds. The molecule has 612 valence electrons. The summed E-state index contributed by atoms with van der Waals surface area (Å²) >= 11 is 0. The van der Waals surface area contributed by atoms with Crippen LogP contribution in [-0.2, 0) is 57.5 Å². The molecular weight excluding hydrogens is 1440 g/mol. The van der Waals surface area contributed by atoms with Crippen molar-refractivity contribution in [3.8, 4) is 5.75 Å². The van der Waals surface area contributed by atoms with E-state index in [-0.39, 0.29) is 99.2 Å². The highest BCUT2D eigenvalue weighted by molar-refractivity contribution is 6.39. The molecule has 9 fully saturated rings. The molecule has 6 saturated carbocycles. The van der Waals surface area contributed by atoms with Crippen LogP contribution in [0.2, 0.25) is 0 Å². The monoisotopic (exact) mass is 1560 g/mol. The number of non-ortho nitro benzene ring substituents is 1. The number of fused-ring (bicyclic) bond motifs is 3. The number of ether oxygens (including phenoxy) is 1. The van der Waals surface area contributed by atoms with Gasteiger partial charge in [-0.1, -0.05) is 162 Å². The van der Waals surface area contributed by atoms with E-state index < -0.39 is 140 Å². The largest absolute Gasteiger partial charge is 0.413 e. The summed E-state index contributed by atoms with van der Waals surface area (Å²) in [6, 6.07) is -3.25. The number of halogens is 1. The quantitative estimate of drug-likeness (QED) is 0.0362. The number of ketones is 3. The highest BCUT2D eigenvalue weighted by Gasteiger charge is 2.72. The number of hydrogen-bond acceptors (Lipinski definition) is 18. The Balaban J connectivity index is 0.000000232. The van der Waals surface area contributed by atoms with Gasteiger partial charge in [0.05, 0.1) is 29.1 Å². The number of likely N-dealkylation sites (N-methyl/N-ethyl adjacent to an activating group) is 3. The standard InChI is InChI=1S/C30H41N5O8.C25H41N5O5.C23H38N4O4.ClH/c1-29(2,3)24(33-28(40)43-18-12-10-17(11-13-18)35(41)42)27(39)34-15-19-21(30(19,4)5)22(34)25(37)32-20(14-16-8-7-9-16)23(36)26(38)31-6;1-24(2,3)19(29-23(35)27-7)22(34)30-12-14-16(25(14,4)5)17(30)20(32)28-15(11-13-9-8-10-13)18(31)21(33)26-6;1-22(2,3)18(24)21(31)27-11-13-15(23(13,4)5)16(27)19(29)26-14(10-12-8-7-9-12)17(28)20(30)25-6;/h10-13,16,19-22,24H,7-9,14-15H2,1-6H3,(H,31,38)(H,32,37)(H,33,40);13-17,19H,8-12H2,1-7H3,(H,26,33)(H,28,32)(H2,27,29,35);12-16,18H,7-11,24H2,1-6H3,(H,25,30)(H,26,29);1H/t19?,20?,21?,22-,24+;14?,15?,16?,17-,19+;13?,14?,15?,16-,18+;/m000./s1. The number of urea groups is 1. The molecule has 9 aliphatic rings. The van der Waals surface area contributed by atoms with Gasteiger partial charge in [-0.15, -0.1) is 12.4 Å². The highest BCUT2D eigenvalue weighted by atomic mass is 35.5. The van der Waals surface area contributed by atoms with Gasteiger partial charge in [0.2, 0.25) is 52.8 Å². The number of Topliss-reactive ketones (excluding diaryl/α,β-unsaturated/α-hetero) is 3. The number of likely N-dealkylation sites (tertiary alicyclic amines) is 3. The maximum Gasteiger partial charge on any atom is 0.413 e. The van der Waals surface area contributed by atoms with Crippen molar-refractivity contribution in [3.05, 3.63) is 34.4 Å². The Hall–Kier alpha value is -8.35. The predicted octanol–water partition coefficient (Wildman–Crippen LogP) is 4.63. The summed E-state index contributed by atoms with van der Waals surface area (Å²) in [6.45, 7) is 30.3. The number of nitrogens with zero attached hydrogens (tertiary/aromatic N) is 4. The van der Waals surface area contributed by atoms with Crippen LogP contribution < -0.4 is 58.3 Å². The number of amides is 12. The lowest BCUT2D eigenvalue weighted by Crippen LogP contribution is -2.61. The first-order chi connectivity index (χ1) is 50.6. The molecule has 3 saturated heterocycles. The summed E-state index contributed by atoms with van der Waals surface area (Å²) in [5, 5.41) is 34.3. The second-order valence-corrected chi connectivity index (χ2v) is 36.7. The molecule has 32 heteroatoms. The molecule has 0 radical (unpaired) electrons. The van der Waals surface area contributed by atoms with E-state index in [9.17, 15) is 77.2 Å². The second-order valence-electron chi connectivity index (χ2n) is 36.7. The number of nitro benzene ring substituents is 1. The number of rotatable bonds is 25. The molecule has 110 heavy (non-hydrogen) atoms. The Morgan fingerprint density at radius 2 is 0.773 bits per heavy atom. The van der Waals surface area contributed by atoms with Crippen molar-refractivity contribution in [1.82, 2.24) is 62.6 Å². The summed E-state index contributed by atoms with van der Waals surface area (Å²) in [5.41, 5.74) is 3.91. The van der Waals surface area contributed by atoms with E-state index in [0.717, 1.165) is 57.8 Å². The second kappa shape index (κ2) is 34.3. The molecule has 10 rings (SSSR count). The van der Waals surface area contributed by atoms with Crippen LogP contribution in [0, 0.1) is 95.9 Å². The number of piperidine rings is 3. The SMILES string of the molecule is CNC(=O)C(=O)C(CC1CCC1)NC(=O)[C@@H]1C2C(CN1C(=O)[C@@H](N)C(C)(C)C)C2(C)C.CNC(=O)C(=O)C(CC1CCC1)NC(=O)[C@@H]1C2C(CN1C(=O)[C@@H](NC(=O)Oc1ccc([N+](=O)[O-])cc1)C(C)(C)C)C2(C)C.CNC(=O)N[C@H](C(=O)N1CC2C([C@H]1C(=O)NC(CC1CCC1)C(=O)C(=O)NC)C2(C)C)C(C)(C)C.Cl. The molecule has 15 atom stereocenters. The third-order valence-electron chi connectivity index (χ3n) is 25.4. The fourth-order valence-electron chi connectivity index (χ4n) is 17.2. The topological polar surface area (TPSA) is 435 Å². The maximum atomic E-state index is 14.1. The number of nitrogens with two attached hydrogens (primary N) is 1. The first-order valence-electron chi connectivity index (χ1n) is 38.7. The van der Waals surface area contributed by atoms with Crippen LogP contribution in [0.1, 0.15) is 181 Å². The molecule has 3 heterocycles. The number of carbonyl (C=O) groups excluding carboxylic acids is 14. The minimum Gasteiger partial charge on any atom is -0.410 e. The van der Waals surface area contributed by atoms with Crippen molar-refractivity contribution in [2.45, 2.75) is 235 Å². The van der Waals surface area contributed by atoms with E-state index in [1.165, 1.54) is 57.4 Å². The van der Waals surface area contributed by atoms with E-state index >= 15 is 0 Å². The first-order valence-corrected chi connectivity index (χ1v) is 38.7. The molecule has 31 nitrogen and oxygen atoms in total.